The molecule has 5 aromatic carbocycles. The molecule has 0 bridgehead atoms. The highest BCUT2D eigenvalue weighted by molar-refractivity contribution is 6.23. The lowest BCUT2D eigenvalue weighted by atomic mass is 9.65. The second-order valence-electron chi connectivity index (χ2n) is 15.7. The quantitative estimate of drug-likeness (QED) is 0.0441. The fraction of sp³-hybridized carbons (Fsp3) is 0.224. The molecule has 1 spiro atoms. The Morgan fingerprint density at radius 2 is 1.45 bits per heavy atom. The maximum atomic E-state index is 16.0. The number of aromatic hydroxyl groups is 1. The Bertz CT molecular complexity index is 2790. The Labute approximate surface area is 376 Å². The Kier molecular flexibility index (Phi) is 12.1. The zero-order chi connectivity index (χ0) is 46.9. The number of cyclic esters (lactones) is 1. The fourth-order valence-corrected chi connectivity index (χ4v) is 9.38. The maximum Gasteiger partial charge on any atom is 0.421 e. The molecule has 5 aromatic rings. The number of hydrogen-bond acceptors (Lipinski definition) is 14. The van der Waals surface area contributed by atoms with Crippen molar-refractivity contribution < 1.29 is 57.7 Å². The molecule has 334 valence electrons. The topological polar surface area (TPSA) is 235 Å². The van der Waals surface area contributed by atoms with E-state index in [0.717, 1.165) is 19.1 Å². The van der Waals surface area contributed by atoms with Gasteiger partial charge in [0.05, 0.1) is 42.8 Å². The van der Waals surface area contributed by atoms with Crippen LogP contribution in [0.15, 0.2) is 127 Å². The number of imide groups is 1. The summed E-state index contributed by atoms with van der Waals surface area (Å²) in [5.74, 6) is -2.24. The number of morpholine rings is 1. The third-order valence-corrected chi connectivity index (χ3v) is 12.2. The number of primary amides is 1. The molecule has 3 amide bonds. The van der Waals surface area contributed by atoms with Crippen LogP contribution in [0.4, 0.5) is 16.2 Å². The van der Waals surface area contributed by atoms with E-state index in [-0.39, 0.29) is 34.7 Å². The van der Waals surface area contributed by atoms with Gasteiger partial charge >= 0.3 is 24.0 Å². The number of non-ortho nitro benzene ring substituents is 1. The molecular weight excluding hydrogens is 853 g/mol. The van der Waals surface area contributed by atoms with E-state index in [2.05, 4.69) is 11.8 Å². The first-order valence-electron chi connectivity index (χ1n) is 20.5. The molecule has 2 fully saturated rings. The van der Waals surface area contributed by atoms with Gasteiger partial charge in [0.1, 0.15) is 29.9 Å². The Morgan fingerprint density at radius 1 is 0.833 bits per heavy atom. The minimum Gasteiger partial charge on any atom is -0.508 e. The van der Waals surface area contributed by atoms with Crippen LogP contribution in [0.1, 0.15) is 58.0 Å². The highest BCUT2D eigenvalue weighted by Gasteiger charge is 2.75. The number of carbonyl (C=O) groups is 6. The lowest BCUT2D eigenvalue weighted by molar-refractivity contribution is -0.384. The van der Waals surface area contributed by atoms with Crippen LogP contribution in [0, 0.1) is 33.8 Å². The van der Waals surface area contributed by atoms with Gasteiger partial charge in [0, 0.05) is 24.1 Å². The summed E-state index contributed by atoms with van der Waals surface area (Å²) in [6, 6.07) is 29.7. The number of fused-ring (bicyclic) bond motifs is 3. The van der Waals surface area contributed by atoms with E-state index in [9.17, 15) is 39.2 Å². The third-order valence-electron chi connectivity index (χ3n) is 12.2. The molecule has 3 aliphatic heterocycles. The van der Waals surface area contributed by atoms with E-state index >= 15 is 4.79 Å². The van der Waals surface area contributed by atoms with Crippen molar-refractivity contribution in [2.45, 2.75) is 42.7 Å². The molecule has 8 rings (SSSR count). The highest BCUT2D eigenvalue weighted by atomic mass is 16.6. The minimum absolute atomic E-state index is 0.0413. The molecule has 0 aromatic heterocycles. The summed E-state index contributed by atoms with van der Waals surface area (Å²) in [5, 5.41) is 21.9. The summed E-state index contributed by atoms with van der Waals surface area (Å²) in [6.45, 7) is -0.426. The van der Waals surface area contributed by atoms with Gasteiger partial charge < -0.3 is 29.8 Å². The average Bonchev–Trinajstić information content (AvgIpc) is 3.79. The molecule has 6 atom stereocenters. The molecule has 3 aliphatic rings. The number of carbonyl (C=O) groups excluding carboxylic acids is 6. The lowest BCUT2D eigenvalue weighted by Gasteiger charge is -2.46. The minimum atomic E-state index is -2.23. The van der Waals surface area contributed by atoms with Crippen LogP contribution in [0.2, 0.25) is 0 Å². The van der Waals surface area contributed by atoms with Crippen molar-refractivity contribution in [2.24, 2.45) is 17.6 Å². The molecule has 2 saturated heterocycles. The smallest absolute Gasteiger partial charge is 0.421 e. The predicted molar refractivity (Wildman–Crippen MR) is 232 cm³/mol. The molecule has 17 nitrogen and oxygen atoms in total. The van der Waals surface area contributed by atoms with Crippen LogP contribution >= 0.6 is 0 Å². The summed E-state index contributed by atoms with van der Waals surface area (Å²) < 4.78 is 21.6. The molecule has 3 heterocycles. The molecule has 0 aliphatic carbocycles. The number of esters is 3. The van der Waals surface area contributed by atoms with Crippen molar-refractivity contribution in [3.05, 3.63) is 171 Å². The van der Waals surface area contributed by atoms with Gasteiger partial charge in [-0.15, -0.1) is 0 Å². The van der Waals surface area contributed by atoms with Crippen LogP contribution in [0.5, 0.6) is 5.75 Å². The van der Waals surface area contributed by atoms with E-state index in [1.54, 1.807) is 65.6 Å². The predicted octanol–water partition coefficient (Wildman–Crippen LogP) is 5.49. The number of hydrogen-bond donors (Lipinski definition) is 2. The lowest BCUT2D eigenvalue weighted by Crippen LogP contribution is -2.55. The fourth-order valence-electron chi connectivity index (χ4n) is 9.38. The van der Waals surface area contributed by atoms with Crippen molar-refractivity contribution >= 4 is 47.2 Å². The SMILES string of the molecule is COC(=O)C(CC#Cc1ccc2c(c1)[C@]1(C(=O)N2C(=O)OCc2ccc([N+](=O)[O-])cc2)[C@H](C(N)=O)[C@H]2C(=O)O[C@H](c3ccccc3)[C@H](c3ccccc3)N2[C@@H]1c1ccc(O)cc1)C(=O)OC. The third kappa shape index (κ3) is 7.62. The molecule has 0 saturated carbocycles. The van der Waals surface area contributed by atoms with Crippen LogP contribution < -0.4 is 10.6 Å². The van der Waals surface area contributed by atoms with Gasteiger partial charge in [-0.05, 0) is 70.3 Å². The Balaban J connectivity index is 1.36. The second kappa shape index (κ2) is 18.0. The molecular formula is C49H40N4O13. The van der Waals surface area contributed by atoms with E-state index in [0.29, 0.717) is 22.3 Å². The number of phenols is 1. The van der Waals surface area contributed by atoms with Gasteiger partial charge in [-0.25, -0.2) is 9.69 Å². The summed E-state index contributed by atoms with van der Waals surface area (Å²) in [4.78, 5) is 97.9. The summed E-state index contributed by atoms with van der Waals surface area (Å²) in [7, 11) is 2.22. The van der Waals surface area contributed by atoms with E-state index < -0.39 is 88.8 Å². The number of nitrogens with two attached hydrogens (primary N) is 1. The first kappa shape index (κ1) is 44.3. The van der Waals surface area contributed by atoms with Crippen molar-refractivity contribution in [3.63, 3.8) is 0 Å². The number of rotatable bonds is 10. The highest BCUT2D eigenvalue weighted by Crippen LogP contribution is 2.65. The summed E-state index contributed by atoms with van der Waals surface area (Å²) in [6.07, 6.45) is -2.52. The number of anilines is 1. The van der Waals surface area contributed by atoms with Gasteiger partial charge in [0.15, 0.2) is 5.92 Å². The first-order valence-corrected chi connectivity index (χ1v) is 20.5. The number of amides is 3. The average molecular weight is 893 g/mol. The van der Waals surface area contributed by atoms with E-state index in [1.807, 2.05) is 12.1 Å². The van der Waals surface area contributed by atoms with Gasteiger partial charge in [0.2, 0.25) is 11.8 Å². The standard InChI is InChI=1S/C49H40N4O13/c1-63-44(56)35(45(57)64-2)15-9-10-28-18-25-37-36(26-28)49(47(59)51(37)48(60)65-27-29-16-21-33(22-17-29)53(61)62)38(43(50)55)40-46(58)66-41(31-13-7-4-8-14-31)39(30-11-5-3-6-12-30)52(40)42(49)32-19-23-34(54)24-20-32/h3-8,11-14,16-26,35,38-42,54H,15,27H2,1-2H3,(H2,50,55)/t38-,39-,40-,41+,42+,49-/m0/s1. The van der Waals surface area contributed by atoms with Crippen LogP contribution in [0.25, 0.3) is 0 Å². The van der Waals surface area contributed by atoms with Gasteiger partial charge in [0.25, 0.3) is 5.69 Å². The number of phenolic OH excluding ortho intramolecular Hbond substituents is 1. The number of ether oxygens (including phenoxy) is 4. The molecule has 0 radical (unpaired) electrons. The van der Waals surface area contributed by atoms with E-state index in [4.69, 9.17) is 24.7 Å². The molecule has 66 heavy (non-hydrogen) atoms. The van der Waals surface area contributed by atoms with E-state index in [1.165, 1.54) is 54.6 Å². The van der Waals surface area contributed by atoms with Gasteiger partial charge in [-0.1, -0.05) is 84.6 Å². The van der Waals surface area contributed by atoms with Crippen molar-refractivity contribution in [3.8, 4) is 17.6 Å². The molecule has 3 N–H and O–H groups in total. The van der Waals surface area contributed by atoms with Crippen LogP contribution in [-0.4, -0.2) is 71.0 Å². The number of methoxy groups -OCH3 is 2. The second-order valence-corrected chi connectivity index (χ2v) is 15.7. The monoisotopic (exact) mass is 892 g/mol. The van der Waals surface area contributed by atoms with Crippen LogP contribution in [0.3, 0.4) is 0 Å². The molecule has 0 unspecified atom stereocenters. The zero-order valence-electron chi connectivity index (χ0n) is 35.3. The number of nitrogens with zero attached hydrogens (tertiary/aromatic N) is 3. The normalized spacial score (nSPS) is 21.8. The van der Waals surface area contributed by atoms with Crippen LogP contribution in [-0.2, 0) is 54.9 Å². The zero-order valence-corrected chi connectivity index (χ0v) is 35.3. The van der Waals surface area contributed by atoms with Crippen molar-refractivity contribution in [1.29, 1.82) is 0 Å². The maximum absolute atomic E-state index is 16.0. The largest absolute Gasteiger partial charge is 0.508 e. The summed E-state index contributed by atoms with van der Waals surface area (Å²) in [5.41, 5.74) is 6.13. The number of nitro benzene ring substituents is 1. The first-order chi connectivity index (χ1) is 31.8. The number of benzene rings is 5. The summed E-state index contributed by atoms with van der Waals surface area (Å²) >= 11 is 0. The molecule has 17 heteroatoms. The Morgan fingerprint density at radius 3 is 2.05 bits per heavy atom. The Hall–Kier alpha value is -8.36. The van der Waals surface area contributed by atoms with Crippen molar-refractivity contribution in [1.82, 2.24) is 4.90 Å². The van der Waals surface area contributed by atoms with Gasteiger partial charge in [-0.2, -0.15) is 0 Å². The van der Waals surface area contributed by atoms with Crippen molar-refractivity contribution in [2.75, 3.05) is 19.1 Å². The van der Waals surface area contributed by atoms with Gasteiger partial charge in [-0.3, -0.25) is 39.0 Å². The number of nitro groups is 1.